The number of benzene rings is 1. The molecule has 1 atom stereocenters. The number of rotatable bonds is 2. The van der Waals surface area contributed by atoms with Crippen molar-refractivity contribution in [2.24, 2.45) is 0 Å². The molecule has 82 valence electrons. The number of hydrogen-bond acceptors (Lipinski definition) is 4. The summed E-state index contributed by atoms with van der Waals surface area (Å²) in [5.74, 6) is -1.40. The highest BCUT2D eigenvalue weighted by Crippen LogP contribution is 2.21. The van der Waals surface area contributed by atoms with E-state index in [0.717, 1.165) is 6.08 Å². The molecule has 0 saturated heterocycles. The first-order chi connectivity index (χ1) is 7.59. The number of ketones is 2. The Kier molecular flexibility index (Phi) is 2.67. The fourth-order valence-electron chi connectivity index (χ4n) is 1.43. The minimum absolute atomic E-state index is 0.176. The topological polar surface area (TPSA) is 80.7 Å². The van der Waals surface area contributed by atoms with Crippen LogP contribution in [0.2, 0.25) is 0 Å². The van der Waals surface area contributed by atoms with Gasteiger partial charge in [-0.15, -0.1) is 0 Å². The third kappa shape index (κ3) is 1.80. The molecule has 0 fully saturated rings. The van der Waals surface area contributed by atoms with E-state index in [1.165, 1.54) is 12.1 Å². The molecule has 1 aromatic carbocycles. The van der Waals surface area contributed by atoms with Gasteiger partial charge in [-0.25, -0.2) is 0 Å². The van der Waals surface area contributed by atoms with Crippen molar-refractivity contribution in [3.8, 4) is 0 Å². The maximum atomic E-state index is 11.7. The SMILES string of the molecule is O=C1C=C(OS(=O)O)C(=O)c2ccccc21. The molecule has 1 N–H and O–H groups in total. The highest BCUT2D eigenvalue weighted by Gasteiger charge is 2.27. The average molecular weight is 238 g/mol. The van der Waals surface area contributed by atoms with E-state index >= 15 is 0 Å². The van der Waals surface area contributed by atoms with Gasteiger partial charge in [0.05, 0.1) is 0 Å². The van der Waals surface area contributed by atoms with Crippen LogP contribution in [0.25, 0.3) is 0 Å². The van der Waals surface area contributed by atoms with Gasteiger partial charge in [0, 0.05) is 17.2 Å². The summed E-state index contributed by atoms with van der Waals surface area (Å²) < 4.78 is 23.3. The number of carbonyl (C=O) groups is 2. The molecule has 1 unspecified atom stereocenters. The summed E-state index contributed by atoms with van der Waals surface area (Å²) in [6.07, 6.45) is 0.915. The molecule has 1 aromatic rings. The van der Waals surface area contributed by atoms with Gasteiger partial charge in [-0.3, -0.25) is 14.1 Å². The Morgan fingerprint density at radius 1 is 1.12 bits per heavy atom. The summed E-state index contributed by atoms with van der Waals surface area (Å²) in [4.78, 5) is 23.2. The predicted molar refractivity (Wildman–Crippen MR) is 55.0 cm³/mol. The van der Waals surface area contributed by atoms with Gasteiger partial charge in [0.15, 0.2) is 11.5 Å². The summed E-state index contributed by atoms with van der Waals surface area (Å²) in [6, 6.07) is 6.21. The molecule has 0 amide bonds. The highest BCUT2D eigenvalue weighted by molar-refractivity contribution is 7.74. The smallest absolute Gasteiger partial charge is 0.357 e. The Bertz CT molecular complexity index is 532. The van der Waals surface area contributed by atoms with Crippen LogP contribution in [0.5, 0.6) is 0 Å². The summed E-state index contributed by atoms with van der Waals surface area (Å²) in [5, 5.41) is 0. The van der Waals surface area contributed by atoms with Gasteiger partial charge in [0.2, 0.25) is 5.78 Å². The normalized spacial score (nSPS) is 16.4. The lowest BCUT2D eigenvalue weighted by molar-refractivity contribution is 0.0948. The number of Topliss-reactive ketones (excluding diaryl/α,β-unsaturated/α-hetero) is 1. The van der Waals surface area contributed by atoms with Crippen molar-refractivity contribution in [3.05, 3.63) is 47.2 Å². The second-order valence-electron chi connectivity index (χ2n) is 3.05. The van der Waals surface area contributed by atoms with Crippen LogP contribution >= 0.6 is 0 Å². The van der Waals surface area contributed by atoms with E-state index in [1.807, 2.05) is 0 Å². The zero-order chi connectivity index (χ0) is 11.7. The van der Waals surface area contributed by atoms with Crippen molar-refractivity contribution in [3.63, 3.8) is 0 Å². The van der Waals surface area contributed by atoms with Gasteiger partial charge >= 0.3 is 11.4 Å². The first-order valence-corrected chi connectivity index (χ1v) is 5.31. The van der Waals surface area contributed by atoms with Gasteiger partial charge in [-0.2, -0.15) is 4.21 Å². The fraction of sp³-hybridized carbons (Fsp3) is 0. The van der Waals surface area contributed by atoms with Gasteiger partial charge < -0.3 is 4.18 Å². The molecule has 0 radical (unpaired) electrons. The Balaban J connectivity index is 2.47. The summed E-state index contributed by atoms with van der Waals surface area (Å²) in [6.45, 7) is 0. The molecular weight excluding hydrogens is 232 g/mol. The van der Waals surface area contributed by atoms with Gasteiger partial charge in [-0.1, -0.05) is 24.3 Å². The Hall–Kier alpha value is -1.79. The average Bonchev–Trinajstić information content (AvgIpc) is 2.25. The lowest BCUT2D eigenvalue weighted by Crippen LogP contribution is -2.19. The Labute approximate surface area is 93.2 Å². The van der Waals surface area contributed by atoms with Crippen molar-refractivity contribution in [1.82, 2.24) is 0 Å². The molecule has 6 heteroatoms. The molecule has 1 aliphatic carbocycles. The van der Waals surface area contributed by atoms with E-state index in [9.17, 15) is 13.8 Å². The van der Waals surface area contributed by atoms with Gasteiger partial charge in [0.1, 0.15) is 0 Å². The molecule has 0 spiro atoms. The van der Waals surface area contributed by atoms with Crippen molar-refractivity contribution < 1.29 is 22.5 Å². The predicted octanol–water partition coefficient (Wildman–Crippen LogP) is 1.10. The molecule has 16 heavy (non-hydrogen) atoms. The second-order valence-corrected chi connectivity index (χ2v) is 3.65. The van der Waals surface area contributed by atoms with Gasteiger partial charge in [-0.05, 0) is 0 Å². The first-order valence-electron chi connectivity index (χ1n) is 4.28. The monoisotopic (exact) mass is 238 g/mol. The summed E-state index contributed by atoms with van der Waals surface area (Å²) in [5.41, 5.74) is 0.444. The second kappa shape index (κ2) is 3.99. The Morgan fingerprint density at radius 2 is 1.75 bits per heavy atom. The maximum Gasteiger partial charge on any atom is 0.357 e. The minimum atomic E-state index is -2.62. The lowest BCUT2D eigenvalue weighted by Gasteiger charge is -2.12. The molecule has 0 bridgehead atoms. The minimum Gasteiger partial charge on any atom is -0.376 e. The van der Waals surface area contributed by atoms with Crippen LogP contribution in [0.3, 0.4) is 0 Å². The van der Waals surface area contributed by atoms with E-state index in [0.29, 0.717) is 0 Å². The number of allylic oxidation sites excluding steroid dienone is 2. The largest absolute Gasteiger partial charge is 0.376 e. The molecule has 0 aromatic heterocycles. The number of hydrogen-bond donors (Lipinski definition) is 1. The van der Waals surface area contributed by atoms with E-state index in [1.54, 1.807) is 12.1 Å². The molecule has 5 nitrogen and oxygen atoms in total. The number of carbonyl (C=O) groups excluding carboxylic acids is 2. The first kappa shape index (κ1) is 10.7. The van der Waals surface area contributed by atoms with Crippen molar-refractivity contribution in [1.29, 1.82) is 0 Å². The zero-order valence-corrected chi connectivity index (χ0v) is 8.69. The van der Waals surface area contributed by atoms with E-state index < -0.39 is 28.7 Å². The van der Waals surface area contributed by atoms with Crippen LogP contribution in [-0.4, -0.2) is 20.3 Å². The highest BCUT2D eigenvalue weighted by atomic mass is 32.2. The standard InChI is InChI=1S/C10H6O5S/c11-8-5-9(15-16(13)14)10(12)7-4-2-1-3-6(7)8/h1-5H,(H,13,14). The van der Waals surface area contributed by atoms with Crippen LogP contribution in [0.4, 0.5) is 0 Å². The van der Waals surface area contributed by atoms with E-state index in [-0.39, 0.29) is 11.1 Å². The molecule has 1 aliphatic rings. The summed E-state index contributed by atoms with van der Waals surface area (Å²) in [7, 11) is 0. The molecule has 2 rings (SSSR count). The van der Waals surface area contributed by atoms with Gasteiger partial charge in [0.25, 0.3) is 0 Å². The Morgan fingerprint density at radius 3 is 2.38 bits per heavy atom. The maximum absolute atomic E-state index is 11.7. The third-order valence-electron chi connectivity index (χ3n) is 2.08. The number of fused-ring (bicyclic) bond motifs is 1. The van der Waals surface area contributed by atoms with Crippen molar-refractivity contribution in [2.75, 3.05) is 0 Å². The quantitative estimate of drug-likeness (QED) is 0.780. The molecule has 0 saturated carbocycles. The zero-order valence-electron chi connectivity index (χ0n) is 7.88. The van der Waals surface area contributed by atoms with E-state index in [4.69, 9.17) is 4.55 Å². The fourth-order valence-corrected chi connectivity index (χ4v) is 1.71. The van der Waals surface area contributed by atoms with Crippen LogP contribution in [0.1, 0.15) is 20.7 Å². The lowest BCUT2D eigenvalue weighted by atomic mass is 9.94. The van der Waals surface area contributed by atoms with Crippen LogP contribution < -0.4 is 0 Å². The summed E-state index contributed by atoms with van der Waals surface area (Å²) >= 11 is -2.62. The van der Waals surface area contributed by atoms with Crippen molar-refractivity contribution >= 4 is 22.9 Å². The molecular formula is C10H6O5S. The van der Waals surface area contributed by atoms with E-state index in [2.05, 4.69) is 4.18 Å². The van der Waals surface area contributed by atoms with Crippen LogP contribution in [0.15, 0.2) is 36.1 Å². The third-order valence-corrected chi connectivity index (χ3v) is 2.41. The molecule has 0 heterocycles. The van der Waals surface area contributed by atoms with Crippen molar-refractivity contribution in [2.45, 2.75) is 0 Å². The molecule has 0 aliphatic heterocycles. The van der Waals surface area contributed by atoms with Crippen LogP contribution in [0, 0.1) is 0 Å². The van der Waals surface area contributed by atoms with Crippen LogP contribution in [-0.2, 0) is 15.5 Å².